The number of rotatable bonds is 5. The number of hydrogen-bond acceptors (Lipinski definition) is 4. The minimum atomic E-state index is -0.221. The number of aromatic amines is 1. The predicted molar refractivity (Wildman–Crippen MR) is 99.6 cm³/mol. The Balaban J connectivity index is 1.64. The summed E-state index contributed by atoms with van der Waals surface area (Å²) in [6, 6.07) is 9.59. The van der Waals surface area contributed by atoms with Gasteiger partial charge in [-0.15, -0.1) is 0 Å². The summed E-state index contributed by atoms with van der Waals surface area (Å²) in [5, 5.41) is 6.97. The fourth-order valence-electron chi connectivity index (χ4n) is 2.84. The Morgan fingerprint density at radius 2 is 2.00 bits per heavy atom. The van der Waals surface area contributed by atoms with E-state index in [9.17, 15) is 9.59 Å². The maximum atomic E-state index is 13.0. The van der Waals surface area contributed by atoms with Crippen LogP contribution in [0.2, 0.25) is 0 Å². The van der Waals surface area contributed by atoms with E-state index in [1.807, 2.05) is 32.1 Å². The highest BCUT2D eigenvalue weighted by atomic mass is 16.5. The molecule has 130 valence electrons. The van der Waals surface area contributed by atoms with E-state index in [2.05, 4.69) is 15.5 Å². The van der Waals surface area contributed by atoms with E-state index < -0.39 is 0 Å². The molecule has 7 heteroatoms. The molecule has 0 spiro atoms. The van der Waals surface area contributed by atoms with Crippen molar-refractivity contribution in [1.29, 1.82) is 0 Å². The molecule has 1 saturated carbocycles. The van der Waals surface area contributed by atoms with Gasteiger partial charge in [0.25, 0.3) is 5.91 Å². The summed E-state index contributed by atoms with van der Waals surface area (Å²) in [6.45, 7) is 1.71. The summed E-state index contributed by atoms with van der Waals surface area (Å²) in [5.74, 6) is 0.0455. The molecule has 0 aliphatic heterocycles. The lowest BCUT2D eigenvalue weighted by Gasteiger charge is -2.02. The molecule has 1 aliphatic carbocycles. The quantitative estimate of drug-likeness (QED) is 0.539. The van der Waals surface area contributed by atoms with Gasteiger partial charge in [0.2, 0.25) is 0 Å². The Morgan fingerprint density at radius 3 is 2.69 bits per heavy atom. The van der Waals surface area contributed by atoms with Gasteiger partial charge in [0.05, 0.1) is 5.56 Å². The molecule has 1 fully saturated rings. The van der Waals surface area contributed by atoms with E-state index in [1.54, 1.807) is 19.2 Å². The van der Waals surface area contributed by atoms with Crippen molar-refractivity contribution in [1.82, 2.24) is 15.5 Å². The largest absolute Gasteiger partial charge is 0.360 e. The van der Waals surface area contributed by atoms with E-state index in [4.69, 9.17) is 4.52 Å². The number of ketones is 1. The molecule has 2 aromatic heterocycles. The van der Waals surface area contributed by atoms with E-state index in [0.29, 0.717) is 28.3 Å². The van der Waals surface area contributed by atoms with Crippen LogP contribution >= 0.6 is 0 Å². The maximum absolute atomic E-state index is 13.0. The van der Waals surface area contributed by atoms with Gasteiger partial charge in [-0.3, -0.25) is 9.59 Å². The lowest BCUT2D eigenvalue weighted by molar-refractivity contribution is 0.0946. The van der Waals surface area contributed by atoms with Gasteiger partial charge in [-0.25, -0.2) is 0 Å². The zero-order chi connectivity index (χ0) is 18.3. The number of benzene rings is 1. The number of carbonyl (C=O) groups excluding carboxylic acids is 2. The monoisotopic (exact) mass is 347 g/mol. The summed E-state index contributed by atoms with van der Waals surface area (Å²) in [4.78, 5) is 28.0. The van der Waals surface area contributed by atoms with Gasteiger partial charge in [0.15, 0.2) is 5.78 Å². The maximum Gasteiger partial charge on any atom is 0.267 e. The third-order valence-electron chi connectivity index (χ3n) is 4.52. The third kappa shape index (κ3) is 3.08. The normalized spacial score (nSPS) is 13.6. The lowest BCUT2D eigenvalue weighted by Crippen LogP contribution is -2.25. The van der Waals surface area contributed by atoms with Gasteiger partial charge in [-0.1, -0.05) is 34.9 Å². The minimum Gasteiger partial charge on any atom is -0.360 e. The van der Waals surface area contributed by atoms with Crippen molar-refractivity contribution in [3.63, 3.8) is 0 Å². The number of aromatic nitrogens is 2. The first kappa shape index (κ1) is 16.4. The van der Waals surface area contributed by atoms with Gasteiger partial charge in [0.1, 0.15) is 25.0 Å². The number of carbonyl (C=O) groups is 2. The first-order chi connectivity index (χ1) is 12.5. The van der Waals surface area contributed by atoms with Crippen molar-refractivity contribution in [2.24, 2.45) is 0 Å². The second-order valence-corrected chi connectivity index (χ2v) is 6.71. The molecule has 2 N–H and O–H groups in total. The van der Waals surface area contributed by atoms with Crippen LogP contribution in [0.3, 0.4) is 0 Å². The molecule has 0 unspecified atom stereocenters. The van der Waals surface area contributed by atoms with Crippen LogP contribution in [0.5, 0.6) is 0 Å². The molecule has 2 heterocycles. The van der Waals surface area contributed by atoms with Crippen LogP contribution in [-0.4, -0.2) is 35.7 Å². The van der Waals surface area contributed by atoms with Crippen LogP contribution in [-0.2, 0) is 0 Å². The van der Waals surface area contributed by atoms with Gasteiger partial charge in [0, 0.05) is 23.4 Å². The first-order valence-electron chi connectivity index (χ1n) is 8.60. The number of nitrogens with one attached hydrogen (secondary N) is 2. The molecule has 1 aliphatic rings. The van der Waals surface area contributed by atoms with Crippen molar-refractivity contribution in [2.75, 3.05) is 0 Å². The van der Waals surface area contributed by atoms with E-state index in [-0.39, 0.29) is 17.7 Å². The Labute approximate surface area is 151 Å². The molecular weight excluding hydrogens is 329 g/mol. The van der Waals surface area contributed by atoms with Crippen LogP contribution in [0.4, 0.5) is 0 Å². The van der Waals surface area contributed by atoms with Gasteiger partial charge in [-0.2, -0.15) is 0 Å². The number of H-pyrrole nitrogens is 1. The highest BCUT2D eigenvalue weighted by Gasteiger charge is 2.26. The molecule has 1 amide bonds. The van der Waals surface area contributed by atoms with Gasteiger partial charge >= 0.3 is 0 Å². The molecule has 0 bridgehead atoms. The summed E-state index contributed by atoms with van der Waals surface area (Å²) >= 11 is 0. The second kappa shape index (κ2) is 6.33. The topological polar surface area (TPSA) is 88.0 Å². The number of amides is 1. The smallest absolute Gasteiger partial charge is 0.267 e. The zero-order valence-electron chi connectivity index (χ0n) is 14.6. The van der Waals surface area contributed by atoms with E-state index in [1.165, 1.54) is 0 Å². The lowest BCUT2D eigenvalue weighted by atomic mass is 9.93. The molecule has 0 radical (unpaired) electrons. The Morgan fingerprint density at radius 1 is 1.27 bits per heavy atom. The zero-order valence-corrected chi connectivity index (χ0v) is 14.6. The van der Waals surface area contributed by atoms with Gasteiger partial charge in [-0.05, 0) is 25.8 Å². The highest BCUT2D eigenvalue weighted by Crippen LogP contribution is 2.27. The van der Waals surface area contributed by atoms with Gasteiger partial charge < -0.3 is 14.8 Å². The number of hydrogen-bond donors (Lipinski definition) is 2. The van der Waals surface area contributed by atoms with Crippen molar-refractivity contribution in [3.05, 3.63) is 59.1 Å². The highest BCUT2D eigenvalue weighted by molar-refractivity contribution is 6.32. The van der Waals surface area contributed by atoms with Crippen LogP contribution in [0.15, 0.2) is 41.1 Å². The third-order valence-corrected chi connectivity index (χ3v) is 4.52. The summed E-state index contributed by atoms with van der Waals surface area (Å²) in [6.07, 6.45) is 3.57. The van der Waals surface area contributed by atoms with E-state index in [0.717, 1.165) is 23.9 Å². The SMILES string of the molecule is Bc1ccc(-c2noc(C)c2C(=O)c2c[nH]c(C(=O)NC3CC3)c2)cc1. The summed E-state index contributed by atoms with van der Waals surface area (Å²) in [7, 11) is 2.00. The second-order valence-electron chi connectivity index (χ2n) is 6.71. The Hall–Kier alpha value is -3.09. The molecule has 0 atom stereocenters. The Kier molecular flexibility index (Phi) is 3.99. The fourth-order valence-corrected chi connectivity index (χ4v) is 2.84. The predicted octanol–water partition coefficient (Wildman–Crippen LogP) is 1.36. The van der Waals surface area contributed by atoms with Crippen molar-refractivity contribution in [2.45, 2.75) is 25.8 Å². The summed E-state index contributed by atoms with van der Waals surface area (Å²) in [5.41, 5.74) is 3.66. The molecular formula is C19H18BN3O3. The Bertz CT molecular complexity index is 984. The number of aryl methyl sites for hydroxylation is 1. The van der Waals surface area contributed by atoms with E-state index >= 15 is 0 Å². The van der Waals surface area contributed by atoms with Crippen LogP contribution in [0.1, 0.15) is 45.0 Å². The molecule has 0 saturated heterocycles. The molecule has 1 aromatic carbocycles. The van der Waals surface area contributed by atoms with Crippen LogP contribution < -0.4 is 10.8 Å². The van der Waals surface area contributed by atoms with Crippen molar-refractivity contribution in [3.8, 4) is 11.3 Å². The first-order valence-corrected chi connectivity index (χ1v) is 8.60. The minimum absolute atomic E-state index is 0.188. The molecule has 6 nitrogen and oxygen atoms in total. The molecule has 26 heavy (non-hydrogen) atoms. The fraction of sp³-hybridized carbons (Fsp3) is 0.211. The van der Waals surface area contributed by atoms with Crippen LogP contribution in [0.25, 0.3) is 11.3 Å². The summed E-state index contributed by atoms with van der Waals surface area (Å²) < 4.78 is 5.28. The molecule has 3 aromatic rings. The average molecular weight is 347 g/mol. The molecule has 4 rings (SSSR count). The van der Waals surface area contributed by atoms with Crippen molar-refractivity contribution >= 4 is 25.0 Å². The number of nitrogens with zero attached hydrogens (tertiary/aromatic N) is 1. The van der Waals surface area contributed by atoms with Crippen LogP contribution in [0, 0.1) is 6.92 Å². The standard InChI is InChI=1S/C19H18BN3O3/c1-10-16(17(23-26-10)11-2-4-13(20)5-3-11)18(24)12-8-15(21-9-12)19(25)22-14-6-7-14/h2-5,8-9,14,21H,6-7,20H2,1H3,(H,22,25). The average Bonchev–Trinajstić information content (AvgIpc) is 3.16. The van der Waals surface area contributed by atoms with Crippen molar-refractivity contribution < 1.29 is 14.1 Å².